The van der Waals surface area contributed by atoms with Crippen molar-refractivity contribution in [2.24, 2.45) is 5.92 Å². The highest BCUT2D eigenvalue weighted by Gasteiger charge is 2.23. The van der Waals surface area contributed by atoms with Gasteiger partial charge in [-0.05, 0) is 25.2 Å². The highest BCUT2D eigenvalue weighted by atomic mass is 16.5. The molecular weight excluding hydrogens is 190 g/mol. The molecule has 0 spiro atoms. The van der Waals surface area contributed by atoms with Crippen molar-refractivity contribution in [2.75, 3.05) is 19.8 Å². The van der Waals surface area contributed by atoms with Crippen LogP contribution >= 0.6 is 0 Å². The molecule has 2 unspecified atom stereocenters. The molecule has 1 saturated carbocycles. The summed E-state index contributed by atoms with van der Waals surface area (Å²) in [6.45, 7) is 2.44. The number of aliphatic hydroxyl groups excluding tert-OH is 1. The molecule has 3 heteroatoms. The molecule has 88 valence electrons. The van der Waals surface area contributed by atoms with Crippen molar-refractivity contribution in [3.05, 3.63) is 0 Å². The fraction of sp³-hybridized carbons (Fsp3) is 1.00. The predicted octanol–water partition coefficient (Wildman–Crippen LogP) is 1.31. The number of rotatable bonds is 4. The molecule has 1 saturated heterocycles. The summed E-state index contributed by atoms with van der Waals surface area (Å²) in [4.78, 5) is 0. The first kappa shape index (κ1) is 11.4. The Morgan fingerprint density at radius 3 is 2.67 bits per heavy atom. The highest BCUT2D eigenvalue weighted by molar-refractivity contribution is 4.78. The lowest BCUT2D eigenvalue weighted by Crippen LogP contribution is -2.39. The van der Waals surface area contributed by atoms with E-state index in [1.54, 1.807) is 0 Å². The van der Waals surface area contributed by atoms with Crippen LogP contribution in [0.4, 0.5) is 0 Å². The predicted molar refractivity (Wildman–Crippen MR) is 59.8 cm³/mol. The van der Waals surface area contributed by atoms with E-state index in [-0.39, 0.29) is 6.10 Å². The summed E-state index contributed by atoms with van der Waals surface area (Å²) in [5.41, 5.74) is 0. The molecule has 1 aliphatic carbocycles. The lowest BCUT2D eigenvalue weighted by molar-refractivity contribution is 0.0805. The molecule has 1 heterocycles. The number of ether oxygens (including phenoxy) is 1. The van der Waals surface area contributed by atoms with Gasteiger partial charge in [-0.1, -0.05) is 19.3 Å². The van der Waals surface area contributed by atoms with E-state index in [4.69, 9.17) is 4.74 Å². The summed E-state index contributed by atoms with van der Waals surface area (Å²) in [6, 6.07) is 0.475. The van der Waals surface area contributed by atoms with Crippen LogP contribution in [-0.2, 0) is 4.74 Å². The molecule has 2 fully saturated rings. The van der Waals surface area contributed by atoms with Crippen LogP contribution in [0.3, 0.4) is 0 Å². The molecule has 2 atom stereocenters. The fourth-order valence-electron chi connectivity index (χ4n) is 2.67. The Morgan fingerprint density at radius 2 is 2.00 bits per heavy atom. The number of hydrogen-bond donors (Lipinski definition) is 2. The standard InChI is InChI=1S/C12H23NO2/c14-12(10-4-2-1-3-5-10)8-13-11-6-7-15-9-11/h10-14H,1-9H2. The monoisotopic (exact) mass is 213 g/mol. The van der Waals surface area contributed by atoms with Crippen LogP contribution in [0.2, 0.25) is 0 Å². The molecule has 0 bridgehead atoms. The van der Waals surface area contributed by atoms with Crippen LogP contribution in [0, 0.1) is 5.92 Å². The minimum Gasteiger partial charge on any atom is -0.392 e. The van der Waals surface area contributed by atoms with Crippen molar-refractivity contribution < 1.29 is 9.84 Å². The molecule has 2 N–H and O–H groups in total. The van der Waals surface area contributed by atoms with Crippen LogP contribution in [-0.4, -0.2) is 37.0 Å². The Balaban J connectivity index is 1.64. The summed E-state index contributed by atoms with van der Waals surface area (Å²) in [5.74, 6) is 0.536. The average molecular weight is 213 g/mol. The van der Waals surface area contributed by atoms with Gasteiger partial charge in [0.25, 0.3) is 0 Å². The van der Waals surface area contributed by atoms with Crippen molar-refractivity contribution in [1.82, 2.24) is 5.32 Å². The minimum absolute atomic E-state index is 0.147. The quantitative estimate of drug-likeness (QED) is 0.740. The molecule has 0 aromatic carbocycles. The largest absolute Gasteiger partial charge is 0.392 e. The van der Waals surface area contributed by atoms with Crippen LogP contribution in [0.15, 0.2) is 0 Å². The summed E-state index contributed by atoms with van der Waals surface area (Å²) in [7, 11) is 0. The first-order valence-electron chi connectivity index (χ1n) is 6.35. The summed E-state index contributed by atoms with van der Waals surface area (Å²) in [6.07, 6.45) is 7.33. The van der Waals surface area contributed by atoms with Crippen LogP contribution in [0.5, 0.6) is 0 Å². The van der Waals surface area contributed by atoms with Crippen molar-refractivity contribution >= 4 is 0 Å². The second-order valence-electron chi connectivity index (χ2n) is 4.93. The SMILES string of the molecule is OC(CNC1CCOC1)C1CCCCC1. The molecule has 2 aliphatic rings. The van der Waals surface area contributed by atoms with Crippen molar-refractivity contribution in [1.29, 1.82) is 0 Å². The zero-order chi connectivity index (χ0) is 10.5. The number of nitrogens with one attached hydrogen (secondary N) is 1. The topological polar surface area (TPSA) is 41.5 Å². The van der Waals surface area contributed by atoms with Crippen LogP contribution < -0.4 is 5.32 Å². The van der Waals surface area contributed by atoms with Gasteiger partial charge in [0.15, 0.2) is 0 Å². The van der Waals surface area contributed by atoms with Gasteiger partial charge < -0.3 is 15.2 Å². The first-order chi connectivity index (χ1) is 7.36. The van der Waals surface area contributed by atoms with Crippen LogP contribution in [0.25, 0.3) is 0 Å². The van der Waals surface area contributed by atoms with E-state index < -0.39 is 0 Å². The van der Waals surface area contributed by atoms with E-state index in [1.165, 1.54) is 32.1 Å². The van der Waals surface area contributed by atoms with Gasteiger partial charge in [0.2, 0.25) is 0 Å². The average Bonchev–Trinajstić information content (AvgIpc) is 2.80. The lowest BCUT2D eigenvalue weighted by Gasteiger charge is -2.27. The number of aliphatic hydroxyl groups is 1. The van der Waals surface area contributed by atoms with Gasteiger partial charge in [0.1, 0.15) is 0 Å². The fourth-order valence-corrected chi connectivity index (χ4v) is 2.67. The van der Waals surface area contributed by atoms with Gasteiger partial charge in [-0.15, -0.1) is 0 Å². The smallest absolute Gasteiger partial charge is 0.0692 e. The maximum absolute atomic E-state index is 10.0. The third kappa shape index (κ3) is 3.44. The van der Waals surface area contributed by atoms with E-state index in [0.29, 0.717) is 12.0 Å². The third-order valence-corrected chi connectivity index (χ3v) is 3.74. The van der Waals surface area contributed by atoms with Crippen LogP contribution in [0.1, 0.15) is 38.5 Å². The zero-order valence-electron chi connectivity index (χ0n) is 9.45. The Bertz CT molecular complexity index is 174. The summed E-state index contributed by atoms with van der Waals surface area (Å²) >= 11 is 0. The maximum atomic E-state index is 10.0. The maximum Gasteiger partial charge on any atom is 0.0692 e. The molecule has 2 rings (SSSR count). The second kappa shape index (κ2) is 5.83. The molecule has 0 aromatic heterocycles. The van der Waals surface area contributed by atoms with Gasteiger partial charge in [-0.25, -0.2) is 0 Å². The molecule has 1 aliphatic heterocycles. The van der Waals surface area contributed by atoms with E-state index in [1.807, 2.05) is 0 Å². The highest BCUT2D eigenvalue weighted by Crippen LogP contribution is 2.26. The van der Waals surface area contributed by atoms with Crippen molar-refractivity contribution in [3.8, 4) is 0 Å². The zero-order valence-corrected chi connectivity index (χ0v) is 9.45. The Hall–Kier alpha value is -0.120. The Morgan fingerprint density at radius 1 is 1.20 bits per heavy atom. The van der Waals surface area contributed by atoms with Gasteiger partial charge >= 0.3 is 0 Å². The number of hydrogen-bond acceptors (Lipinski definition) is 3. The van der Waals surface area contributed by atoms with Gasteiger partial charge in [0.05, 0.1) is 12.7 Å². The lowest BCUT2D eigenvalue weighted by atomic mass is 9.85. The summed E-state index contributed by atoms with van der Waals surface area (Å²) in [5, 5.41) is 13.4. The minimum atomic E-state index is -0.147. The van der Waals surface area contributed by atoms with Gasteiger partial charge in [-0.3, -0.25) is 0 Å². The van der Waals surface area contributed by atoms with E-state index in [0.717, 1.165) is 26.2 Å². The third-order valence-electron chi connectivity index (χ3n) is 3.74. The van der Waals surface area contributed by atoms with E-state index in [9.17, 15) is 5.11 Å². The second-order valence-corrected chi connectivity index (χ2v) is 4.93. The Labute approximate surface area is 92.2 Å². The van der Waals surface area contributed by atoms with Crippen molar-refractivity contribution in [3.63, 3.8) is 0 Å². The van der Waals surface area contributed by atoms with E-state index >= 15 is 0 Å². The molecular formula is C12H23NO2. The van der Waals surface area contributed by atoms with E-state index in [2.05, 4.69) is 5.32 Å². The molecule has 0 aromatic rings. The van der Waals surface area contributed by atoms with Gasteiger partial charge in [-0.2, -0.15) is 0 Å². The normalized spacial score (nSPS) is 30.6. The van der Waals surface area contributed by atoms with Gasteiger partial charge in [0, 0.05) is 19.2 Å². The Kier molecular flexibility index (Phi) is 4.42. The first-order valence-corrected chi connectivity index (χ1v) is 6.35. The van der Waals surface area contributed by atoms with Crippen molar-refractivity contribution in [2.45, 2.75) is 50.7 Å². The summed E-state index contributed by atoms with van der Waals surface area (Å²) < 4.78 is 5.29. The molecule has 0 amide bonds. The molecule has 3 nitrogen and oxygen atoms in total. The molecule has 15 heavy (non-hydrogen) atoms. The molecule has 0 radical (unpaired) electrons.